The Morgan fingerprint density at radius 1 is 0.420 bits per heavy atom. The Morgan fingerprint density at radius 2 is 0.705 bits per heavy atom. The number of guanidine groups is 2. The van der Waals surface area contributed by atoms with E-state index in [9.17, 15) is 19.2 Å². The molecule has 0 radical (unpaired) electrons. The Hall–Kier alpha value is -9.90. The highest BCUT2D eigenvalue weighted by Crippen LogP contribution is 2.33. The number of nitrogens with one attached hydrogen (secondary N) is 4. The number of rotatable bonds is 22. The zero-order valence-corrected chi connectivity index (χ0v) is 49.6. The van der Waals surface area contributed by atoms with Crippen LogP contribution < -0.4 is 44.2 Å². The van der Waals surface area contributed by atoms with Crippen LogP contribution in [-0.2, 0) is 9.59 Å². The molecular weight excluding hydrogens is 1100 g/mol. The van der Waals surface area contributed by atoms with E-state index in [-0.39, 0.29) is 59.7 Å². The van der Waals surface area contributed by atoms with Gasteiger partial charge in [-0.25, -0.2) is 0 Å². The lowest BCUT2D eigenvalue weighted by Crippen LogP contribution is -2.49. The molecule has 0 aliphatic carbocycles. The molecule has 4 amide bonds. The molecule has 2 heterocycles. The number of amides is 4. The molecule has 0 aromatic heterocycles. The monoisotopic (exact) mass is 1180 g/mol. The van der Waals surface area contributed by atoms with Crippen molar-refractivity contribution < 1.29 is 19.2 Å². The summed E-state index contributed by atoms with van der Waals surface area (Å²) in [6.45, 7) is 2.75. The van der Waals surface area contributed by atoms with E-state index < -0.39 is 12.1 Å². The number of carbonyl (C=O) groups is 4. The van der Waals surface area contributed by atoms with Crippen molar-refractivity contribution >= 4 is 35.5 Å². The second-order valence-corrected chi connectivity index (χ2v) is 22.1. The summed E-state index contributed by atoms with van der Waals surface area (Å²) in [5.74, 6) is -0.158. The number of hydrogen-bond acceptors (Lipinski definition) is 8. The Labute approximate surface area is 516 Å². The highest BCUT2D eigenvalue weighted by Gasteiger charge is 2.37. The van der Waals surface area contributed by atoms with Gasteiger partial charge in [-0.3, -0.25) is 29.2 Å². The number of aliphatic imine (C=N–C) groups is 2. The molecular formula is C72H80N12O4. The van der Waals surface area contributed by atoms with E-state index >= 15 is 0 Å². The lowest BCUT2D eigenvalue weighted by atomic mass is 9.96. The van der Waals surface area contributed by atoms with Gasteiger partial charge in [0.05, 0.1) is 24.2 Å². The molecule has 88 heavy (non-hydrogen) atoms. The third-order valence-corrected chi connectivity index (χ3v) is 16.0. The van der Waals surface area contributed by atoms with Gasteiger partial charge in [0.1, 0.15) is 0 Å². The van der Waals surface area contributed by atoms with Crippen LogP contribution in [0.5, 0.6) is 0 Å². The third-order valence-electron chi connectivity index (χ3n) is 16.0. The molecule has 0 saturated carbocycles. The molecule has 0 unspecified atom stereocenters. The minimum atomic E-state index is -0.450. The summed E-state index contributed by atoms with van der Waals surface area (Å²) >= 11 is 0. The summed E-state index contributed by atoms with van der Waals surface area (Å²) in [5.41, 5.74) is 31.8. The molecule has 16 heteroatoms. The van der Waals surface area contributed by atoms with Gasteiger partial charge in [0.15, 0.2) is 11.9 Å². The zero-order chi connectivity index (χ0) is 61.5. The number of hydrogen-bond donors (Lipinski definition) is 8. The van der Waals surface area contributed by atoms with Crippen LogP contribution in [0, 0.1) is 0 Å². The molecule has 2 aliphatic rings. The molecule has 10 rings (SSSR count). The van der Waals surface area contributed by atoms with Gasteiger partial charge in [-0.2, -0.15) is 0 Å². The standard InChI is InChI=1S/2C36H40N6O2/c2*37-36(38)39-23-10-17-32-35(44)42(33(28-13-6-2-7-14-28)29-15-8-3-9-16-29)24-22-31(41-32)25-40-34(43)30-20-18-27(19-21-30)26-11-4-1-5-12-26/h2*1-9,11-16,18-21,31-33,41H,10,17,22-25H2,(H,40,43)(H4,37,38,39)/t31-,32+;31-,32-/m11/s1. The summed E-state index contributed by atoms with van der Waals surface area (Å²) in [6, 6.07) is 74.3. The second kappa shape index (κ2) is 32.0. The van der Waals surface area contributed by atoms with Crippen molar-refractivity contribution in [2.24, 2.45) is 32.9 Å². The summed E-state index contributed by atoms with van der Waals surface area (Å²) in [6.07, 6.45) is 3.77. The van der Waals surface area contributed by atoms with Crippen molar-refractivity contribution in [3.05, 3.63) is 264 Å². The van der Waals surface area contributed by atoms with Crippen molar-refractivity contribution in [1.29, 1.82) is 0 Å². The van der Waals surface area contributed by atoms with Gasteiger partial charge in [-0.1, -0.05) is 206 Å². The molecule has 12 N–H and O–H groups in total. The third kappa shape index (κ3) is 17.6. The second-order valence-electron chi connectivity index (χ2n) is 22.1. The quantitative estimate of drug-likeness (QED) is 0.0182. The molecule has 4 atom stereocenters. The van der Waals surface area contributed by atoms with E-state index in [4.69, 9.17) is 22.9 Å². The fourth-order valence-corrected chi connectivity index (χ4v) is 11.5. The van der Waals surface area contributed by atoms with Gasteiger partial charge in [-0.05, 0) is 107 Å². The maximum atomic E-state index is 14.2. The molecule has 0 bridgehead atoms. The van der Waals surface area contributed by atoms with Crippen LogP contribution in [0.15, 0.2) is 241 Å². The van der Waals surface area contributed by atoms with E-state index in [2.05, 4.69) is 79.8 Å². The molecule has 8 aromatic rings. The first-order chi connectivity index (χ1) is 43.0. The zero-order valence-electron chi connectivity index (χ0n) is 49.6. The van der Waals surface area contributed by atoms with Crippen LogP contribution in [0.25, 0.3) is 22.3 Å². The van der Waals surface area contributed by atoms with Crippen LogP contribution in [0.2, 0.25) is 0 Å². The molecule has 2 aliphatic heterocycles. The van der Waals surface area contributed by atoms with E-state index in [1.807, 2.05) is 192 Å². The molecule has 8 aromatic carbocycles. The van der Waals surface area contributed by atoms with Crippen LogP contribution >= 0.6 is 0 Å². The summed E-state index contributed by atoms with van der Waals surface area (Å²) < 4.78 is 0. The normalized spacial score (nSPS) is 16.8. The van der Waals surface area contributed by atoms with Gasteiger partial charge < -0.3 is 54.0 Å². The maximum Gasteiger partial charge on any atom is 0.251 e. The highest BCUT2D eigenvalue weighted by atomic mass is 16.2. The average Bonchev–Trinajstić information content (AvgIpc) is 3.33. The van der Waals surface area contributed by atoms with Gasteiger partial charge in [0.25, 0.3) is 11.8 Å². The van der Waals surface area contributed by atoms with E-state index in [1.54, 1.807) is 0 Å². The van der Waals surface area contributed by atoms with Crippen LogP contribution in [-0.4, -0.2) is 109 Å². The Morgan fingerprint density at radius 3 is 1.00 bits per heavy atom. The smallest absolute Gasteiger partial charge is 0.251 e. The summed E-state index contributed by atoms with van der Waals surface area (Å²) in [5, 5.41) is 13.3. The number of nitrogens with two attached hydrogens (primary N) is 4. The minimum Gasteiger partial charge on any atom is -0.370 e. The molecule has 0 spiro atoms. The van der Waals surface area contributed by atoms with Crippen molar-refractivity contribution in [2.45, 2.75) is 74.8 Å². The predicted octanol–water partition coefficient (Wildman–Crippen LogP) is 8.97. The van der Waals surface area contributed by atoms with Gasteiger partial charge >= 0.3 is 0 Å². The Bertz CT molecular complexity index is 3200. The Balaban J connectivity index is 0.000000209. The fourth-order valence-electron chi connectivity index (χ4n) is 11.5. The first kappa shape index (κ1) is 62.6. The van der Waals surface area contributed by atoms with Crippen molar-refractivity contribution in [3.8, 4) is 22.3 Å². The Kier molecular flexibility index (Phi) is 22.8. The predicted molar refractivity (Wildman–Crippen MR) is 352 cm³/mol. The minimum absolute atomic E-state index is 0.0257. The van der Waals surface area contributed by atoms with Crippen LogP contribution in [0.4, 0.5) is 0 Å². The number of carbonyl (C=O) groups excluding carboxylic acids is 4. The maximum absolute atomic E-state index is 14.2. The topological polar surface area (TPSA) is 252 Å². The van der Waals surface area contributed by atoms with E-state index in [0.717, 1.165) is 44.5 Å². The van der Waals surface area contributed by atoms with Crippen molar-refractivity contribution in [1.82, 2.24) is 31.1 Å². The molecule has 2 fully saturated rings. The number of benzene rings is 8. The fraction of sp³-hybridized carbons (Fsp3) is 0.250. The van der Waals surface area contributed by atoms with Crippen molar-refractivity contribution in [3.63, 3.8) is 0 Å². The molecule has 452 valence electrons. The SMILES string of the molecule is NC(N)=NCCC[C@@H]1N[C@@H](CNC(=O)c2ccc(-c3ccccc3)cc2)CCN(C(c2ccccc2)c2ccccc2)C1=O.NC(N)=NCCC[C@H]1N[C@@H](CNC(=O)c2ccc(-c3ccccc3)cc2)CCN(C(c2ccccc2)c2ccccc2)C1=O. The van der Waals surface area contributed by atoms with Crippen molar-refractivity contribution in [2.75, 3.05) is 39.3 Å². The number of nitrogens with zero attached hydrogens (tertiary/aromatic N) is 4. The lowest BCUT2D eigenvalue weighted by molar-refractivity contribution is -0.135. The van der Waals surface area contributed by atoms with Gasteiger partial charge in [-0.15, -0.1) is 0 Å². The van der Waals surface area contributed by atoms with Gasteiger partial charge in [0, 0.05) is 62.5 Å². The summed E-state index contributed by atoms with van der Waals surface area (Å²) in [7, 11) is 0. The molecule has 16 nitrogen and oxygen atoms in total. The van der Waals surface area contributed by atoms with E-state index in [1.165, 1.54) is 0 Å². The highest BCUT2D eigenvalue weighted by molar-refractivity contribution is 5.95. The lowest BCUT2D eigenvalue weighted by Gasteiger charge is -2.33. The van der Waals surface area contributed by atoms with Crippen LogP contribution in [0.1, 0.15) is 93.6 Å². The van der Waals surface area contributed by atoms with Crippen LogP contribution in [0.3, 0.4) is 0 Å². The average molecular weight is 1180 g/mol. The largest absolute Gasteiger partial charge is 0.370 e. The summed E-state index contributed by atoms with van der Waals surface area (Å²) in [4.78, 5) is 66.8. The van der Waals surface area contributed by atoms with E-state index in [0.29, 0.717) is 88.9 Å². The first-order valence-corrected chi connectivity index (χ1v) is 30.3. The van der Waals surface area contributed by atoms with Gasteiger partial charge in [0.2, 0.25) is 11.8 Å². The molecule has 2 saturated heterocycles. The first-order valence-electron chi connectivity index (χ1n) is 30.3.